The summed E-state index contributed by atoms with van der Waals surface area (Å²) in [6.45, 7) is 2.17. The van der Waals surface area contributed by atoms with Crippen molar-refractivity contribution in [3.8, 4) is 22.6 Å². The number of rotatable bonds is 4. The molecule has 1 fully saturated rings. The predicted octanol–water partition coefficient (Wildman–Crippen LogP) is 4.86. The third-order valence-corrected chi connectivity index (χ3v) is 6.22. The van der Waals surface area contributed by atoms with Crippen molar-refractivity contribution in [2.45, 2.75) is 12.8 Å². The quantitative estimate of drug-likeness (QED) is 0.558. The fourth-order valence-electron chi connectivity index (χ4n) is 4.49. The predicted molar refractivity (Wildman–Crippen MR) is 122 cm³/mol. The fourth-order valence-corrected chi connectivity index (χ4v) is 4.49. The van der Waals surface area contributed by atoms with Crippen LogP contribution in [0.2, 0.25) is 0 Å². The fraction of sp³-hybridized carbons (Fsp3) is 0.259. The van der Waals surface area contributed by atoms with Crippen LogP contribution in [0.1, 0.15) is 33.6 Å². The minimum Gasteiger partial charge on any atom is -0.486 e. The van der Waals surface area contributed by atoms with Gasteiger partial charge in [0.2, 0.25) is 0 Å². The second-order valence-corrected chi connectivity index (χ2v) is 8.20. The molecule has 5 heteroatoms. The molecule has 0 atom stereocenters. The maximum atomic E-state index is 13.3. The van der Waals surface area contributed by atoms with E-state index in [1.54, 1.807) is 12.1 Å². The van der Waals surface area contributed by atoms with E-state index in [2.05, 4.69) is 0 Å². The van der Waals surface area contributed by atoms with Crippen molar-refractivity contribution in [2.75, 3.05) is 26.3 Å². The zero-order valence-electron chi connectivity index (χ0n) is 17.8. The van der Waals surface area contributed by atoms with Gasteiger partial charge in [-0.05, 0) is 48.2 Å². The number of hydrogen-bond acceptors (Lipinski definition) is 4. The lowest BCUT2D eigenvalue weighted by Gasteiger charge is -2.32. The smallest absolute Gasteiger partial charge is 0.254 e. The highest BCUT2D eigenvalue weighted by Gasteiger charge is 2.30. The second kappa shape index (κ2) is 8.87. The number of ketones is 1. The standard InChI is InChI=1S/C27H25NO4/c29-26(21-10-11-24-25(18-21)32-17-16-31-24)20-12-14-28(15-13-20)27(30)23-9-5-4-8-22(23)19-6-2-1-3-7-19/h1-11,18,20H,12-17H2. The van der Waals surface area contributed by atoms with Crippen molar-refractivity contribution < 1.29 is 19.1 Å². The van der Waals surface area contributed by atoms with Gasteiger partial charge >= 0.3 is 0 Å². The van der Waals surface area contributed by atoms with Crippen LogP contribution in [0.15, 0.2) is 72.8 Å². The summed E-state index contributed by atoms with van der Waals surface area (Å²) >= 11 is 0. The van der Waals surface area contributed by atoms with Crippen LogP contribution in [0.25, 0.3) is 11.1 Å². The van der Waals surface area contributed by atoms with Gasteiger partial charge in [-0.25, -0.2) is 0 Å². The molecule has 3 aromatic rings. The molecule has 0 aromatic heterocycles. The maximum Gasteiger partial charge on any atom is 0.254 e. The average molecular weight is 428 g/mol. The van der Waals surface area contributed by atoms with Gasteiger partial charge in [-0.15, -0.1) is 0 Å². The van der Waals surface area contributed by atoms with Gasteiger partial charge in [0.25, 0.3) is 5.91 Å². The lowest BCUT2D eigenvalue weighted by atomic mass is 9.88. The summed E-state index contributed by atoms with van der Waals surface area (Å²) in [5, 5.41) is 0. The Balaban J connectivity index is 1.27. The first-order valence-electron chi connectivity index (χ1n) is 11.1. The molecule has 0 N–H and O–H groups in total. The monoisotopic (exact) mass is 427 g/mol. The molecule has 3 aromatic carbocycles. The van der Waals surface area contributed by atoms with Crippen molar-refractivity contribution in [3.63, 3.8) is 0 Å². The molecule has 32 heavy (non-hydrogen) atoms. The molecule has 0 radical (unpaired) electrons. The molecular formula is C27H25NO4. The maximum absolute atomic E-state index is 13.3. The number of fused-ring (bicyclic) bond motifs is 1. The minimum atomic E-state index is -0.0917. The van der Waals surface area contributed by atoms with Gasteiger partial charge in [0.1, 0.15) is 13.2 Å². The van der Waals surface area contributed by atoms with Gasteiger partial charge < -0.3 is 14.4 Å². The Morgan fingerprint density at radius 1 is 0.781 bits per heavy atom. The molecule has 2 aliphatic rings. The van der Waals surface area contributed by atoms with E-state index in [-0.39, 0.29) is 17.6 Å². The largest absolute Gasteiger partial charge is 0.486 e. The summed E-state index contributed by atoms with van der Waals surface area (Å²) in [5.74, 6) is 1.36. The number of hydrogen-bond donors (Lipinski definition) is 0. The normalized spacial score (nSPS) is 15.9. The molecule has 2 aliphatic heterocycles. The third-order valence-electron chi connectivity index (χ3n) is 6.22. The summed E-state index contributed by atoms with van der Waals surface area (Å²) in [6, 6.07) is 23.1. The Morgan fingerprint density at radius 3 is 2.25 bits per heavy atom. The van der Waals surface area contributed by atoms with Crippen LogP contribution < -0.4 is 9.47 Å². The Morgan fingerprint density at radius 2 is 1.47 bits per heavy atom. The zero-order chi connectivity index (χ0) is 21.9. The first-order chi connectivity index (χ1) is 15.7. The zero-order valence-corrected chi connectivity index (χ0v) is 17.8. The van der Waals surface area contributed by atoms with Crippen LogP contribution in [0.5, 0.6) is 11.5 Å². The van der Waals surface area contributed by atoms with E-state index in [1.807, 2.05) is 65.6 Å². The number of carbonyl (C=O) groups is 2. The van der Waals surface area contributed by atoms with Gasteiger partial charge in [-0.3, -0.25) is 9.59 Å². The van der Waals surface area contributed by atoms with Crippen LogP contribution in [-0.4, -0.2) is 42.9 Å². The SMILES string of the molecule is O=C(c1ccc2c(c1)OCCO2)C1CCN(C(=O)c2ccccc2-c2ccccc2)CC1. The summed E-state index contributed by atoms with van der Waals surface area (Å²) in [4.78, 5) is 28.3. The van der Waals surface area contributed by atoms with Gasteiger partial charge in [0, 0.05) is 30.1 Å². The summed E-state index contributed by atoms with van der Waals surface area (Å²) in [7, 11) is 0. The van der Waals surface area contributed by atoms with Gasteiger partial charge in [0.05, 0.1) is 0 Å². The van der Waals surface area contributed by atoms with Crippen LogP contribution in [-0.2, 0) is 0 Å². The Kier molecular flexibility index (Phi) is 5.63. The Labute approximate surface area is 187 Å². The molecule has 0 spiro atoms. The van der Waals surface area contributed by atoms with Crippen LogP contribution >= 0.6 is 0 Å². The Bertz CT molecular complexity index is 1130. The molecule has 2 heterocycles. The molecule has 5 nitrogen and oxygen atoms in total. The van der Waals surface area contributed by atoms with Gasteiger partial charge in [0.15, 0.2) is 17.3 Å². The number of nitrogens with zero attached hydrogens (tertiary/aromatic N) is 1. The second-order valence-electron chi connectivity index (χ2n) is 8.20. The van der Waals surface area contributed by atoms with E-state index in [0.717, 1.165) is 11.1 Å². The van der Waals surface area contributed by atoms with Crippen LogP contribution in [0.4, 0.5) is 0 Å². The molecule has 5 rings (SSSR count). The highest BCUT2D eigenvalue weighted by atomic mass is 16.6. The van der Waals surface area contributed by atoms with E-state index in [0.29, 0.717) is 61.8 Å². The first kappa shape index (κ1) is 20.3. The highest BCUT2D eigenvalue weighted by Crippen LogP contribution is 2.33. The number of benzene rings is 3. The number of piperidine rings is 1. The van der Waals surface area contributed by atoms with E-state index >= 15 is 0 Å². The summed E-state index contributed by atoms with van der Waals surface area (Å²) in [5.41, 5.74) is 3.32. The number of amides is 1. The van der Waals surface area contributed by atoms with E-state index in [4.69, 9.17) is 9.47 Å². The van der Waals surface area contributed by atoms with Gasteiger partial charge in [-0.2, -0.15) is 0 Å². The van der Waals surface area contributed by atoms with E-state index < -0.39 is 0 Å². The molecule has 0 unspecified atom stereocenters. The van der Waals surface area contributed by atoms with Crippen molar-refractivity contribution >= 4 is 11.7 Å². The minimum absolute atomic E-state index is 0.0229. The topological polar surface area (TPSA) is 55.8 Å². The number of ether oxygens (including phenoxy) is 2. The number of carbonyl (C=O) groups excluding carboxylic acids is 2. The van der Waals surface area contributed by atoms with Crippen molar-refractivity contribution in [1.29, 1.82) is 0 Å². The van der Waals surface area contributed by atoms with Gasteiger partial charge in [-0.1, -0.05) is 48.5 Å². The lowest BCUT2D eigenvalue weighted by molar-refractivity contribution is 0.0650. The average Bonchev–Trinajstić information content (AvgIpc) is 2.88. The van der Waals surface area contributed by atoms with Crippen LogP contribution in [0, 0.1) is 5.92 Å². The van der Waals surface area contributed by atoms with E-state index in [1.165, 1.54) is 0 Å². The molecule has 1 saturated heterocycles. The Hall–Kier alpha value is -3.60. The summed E-state index contributed by atoms with van der Waals surface area (Å²) in [6.07, 6.45) is 1.32. The first-order valence-corrected chi connectivity index (χ1v) is 11.1. The molecule has 0 bridgehead atoms. The molecule has 1 amide bonds. The van der Waals surface area contributed by atoms with Crippen molar-refractivity contribution in [2.24, 2.45) is 5.92 Å². The third kappa shape index (κ3) is 3.98. The number of likely N-dealkylation sites (tertiary alicyclic amines) is 1. The highest BCUT2D eigenvalue weighted by molar-refractivity contribution is 6.01. The summed E-state index contributed by atoms with van der Waals surface area (Å²) < 4.78 is 11.2. The van der Waals surface area contributed by atoms with Crippen LogP contribution in [0.3, 0.4) is 0 Å². The molecule has 162 valence electrons. The molecule has 0 saturated carbocycles. The van der Waals surface area contributed by atoms with Crippen molar-refractivity contribution in [3.05, 3.63) is 83.9 Å². The molecule has 0 aliphatic carbocycles. The molecular weight excluding hydrogens is 402 g/mol. The lowest BCUT2D eigenvalue weighted by Crippen LogP contribution is -2.40. The van der Waals surface area contributed by atoms with Crippen molar-refractivity contribution in [1.82, 2.24) is 4.90 Å². The number of Topliss-reactive ketones (excluding diaryl/α,β-unsaturated/α-hetero) is 1. The van der Waals surface area contributed by atoms with E-state index in [9.17, 15) is 9.59 Å².